The van der Waals surface area contributed by atoms with Crippen LogP contribution in [0.15, 0.2) is 11.6 Å². The van der Waals surface area contributed by atoms with E-state index in [1.807, 2.05) is 0 Å². The Hall–Kier alpha value is -1.13. The van der Waals surface area contributed by atoms with Gasteiger partial charge in [0.1, 0.15) is 5.03 Å². The maximum Gasteiger partial charge on any atom is 0.460 e. The fourth-order valence-corrected chi connectivity index (χ4v) is 0.787. The van der Waals surface area contributed by atoms with Crippen molar-refractivity contribution in [3.8, 4) is 0 Å². The fourth-order valence-electron chi connectivity index (χ4n) is 0.733. The van der Waals surface area contributed by atoms with Gasteiger partial charge in [-0.3, -0.25) is 0 Å². The summed E-state index contributed by atoms with van der Waals surface area (Å²) in [6, 6.07) is 0. The predicted molar refractivity (Wildman–Crippen MR) is 46.8 cm³/mol. The van der Waals surface area contributed by atoms with Gasteiger partial charge in [0, 0.05) is 0 Å². The second kappa shape index (κ2) is 5.34. The predicted octanol–water partition coefficient (Wildman–Crippen LogP) is 3.75. The molecule has 0 spiro atoms. The van der Waals surface area contributed by atoms with Crippen molar-refractivity contribution in [1.29, 1.82) is 0 Å². The molecular formula is C8H4ClF9O2. The van der Waals surface area contributed by atoms with Crippen molar-refractivity contribution in [1.82, 2.24) is 0 Å². The first kappa shape index (κ1) is 18.9. The Morgan fingerprint density at radius 3 is 1.65 bits per heavy atom. The van der Waals surface area contributed by atoms with E-state index in [0.29, 0.717) is 0 Å². The third-order valence-electron chi connectivity index (χ3n) is 1.82. The van der Waals surface area contributed by atoms with E-state index in [1.165, 1.54) is 0 Å². The number of alkyl halides is 9. The van der Waals surface area contributed by atoms with Crippen molar-refractivity contribution in [3.63, 3.8) is 0 Å². The lowest BCUT2D eigenvalue weighted by Crippen LogP contribution is -2.62. The van der Waals surface area contributed by atoms with Gasteiger partial charge in [0.05, 0.1) is 0 Å². The number of hydrogen-bond acceptors (Lipinski definition) is 2. The smallest absolute Gasteiger partial charge is 0.455 e. The Kier molecular flexibility index (Phi) is 5.04. The third kappa shape index (κ3) is 3.30. The van der Waals surface area contributed by atoms with Crippen LogP contribution in [-0.4, -0.2) is 36.5 Å². The topological polar surface area (TPSA) is 26.3 Å². The molecule has 0 saturated carbocycles. The van der Waals surface area contributed by atoms with E-state index in [4.69, 9.17) is 11.6 Å². The molecule has 0 unspecified atom stereocenters. The van der Waals surface area contributed by atoms with Crippen molar-refractivity contribution in [2.75, 3.05) is 6.61 Å². The van der Waals surface area contributed by atoms with E-state index in [1.54, 1.807) is 0 Å². The van der Waals surface area contributed by atoms with Crippen LogP contribution in [0.1, 0.15) is 0 Å². The molecule has 0 aromatic heterocycles. The van der Waals surface area contributed by atoms with Gasteiger partial charge in [-0.2, -0.15) is 39.5 Å². The van der Waals surface area contributed by atoms with E-state index >= 15 is 0 Å². The summed E-state index contributed by atoms with van der Waals surface area (Å²) >= 11 is 4.80. The van der Waals surface area contributed by atoms with E-state index in [0.717, 1.165) is 0 Å². The van der Waals surface area contributed by atoms with Crippen LogP contribution in [0.2, 0.25) is 0 Å². The summed E-state index contributed by atoms with van der Waals surface area (Å²) in [5.74, 6) is -21.7. The van der Waals surface area contributed by atoms with Gasteiger partial charge in [-0.05, 0) is 0 Å². The molecule has 118 valence electrons. The van der Waals surface area contributed by atoms with Crippen LogP contribution in [0.25, 0.3) is 0 Å². The Labute approximate surface area is 110 Å². The quantitative estimate of drug-likeness (QED) is 0.433. The number of rotatable bonds is 5. The summed E-state index contributed by atoms with van der Waals surface area (Å²) in [5.41, 5.74) is 0. The highest BCUT2D eigenvalue weighted by Gasteiger charge is 2.81. The van der Waals surface area contributed by atoms with Gasteiger partial charge in [-0.1, -0.05) is 18.2 Å². The summed E-state index contributed by atoms with van der Waals surface area (Å²) in [6.45, 7) is -0.104. The minimum Gasteiger partial charge on any atom is -0.455 e. The van der Waals surface area contributed by atoms with Crippen LogP contribution in [0.3, 0.4) is 0 Å². The molecule has 0 aromatic rings. The molecule has 0 fully saturated rings. The summed E-state index contributed by atoms with van der Waals surface area (Å²) < 4.78 is 114. The zero-order valence-corrected chi connectivity index (χ0v) is 9.77. The molecule has 0 heterocycles. The molecular weight excluding hydrogens is 335 g/mol. The molecule has 0 aromatic carbocycles. The maximum absolute atomic E-state index is 12.8. The molecule has 0 bridgehead atoms. The molecule has 0 radical (unpaired) electrons. The molecule has 0 atom stereocenters. The second-order valence-electron chi connectivity index (χ2n) is 3.33. The lowest BCUT2D eigenvalue weighted by molar-refractivity contribution is -0.398. The Morgan fingerprint density at radius 2 is 1.35 bits per heavy atom. The van der Waals surface area contributed by atoms with Gasteiger partial charge in [-0.15, -0.1) is 0 Å². The summed E-state index contributed by atoms with van der Waals surface area (Å²) in [7, 11) is 0. The summed E-state index contributed by atoms with van der Waals surface area (Å²) in [4.78, 5) is 10.5. The lowest BCUT2D eigenvalue weighted by Gasteiger charge is -2.33. The van der Waals surface area contributed by atoms with Crippen molar-refractivity contribution >= 4 is 17.6 Å². The molecule has 20 heavy (non-hydrogen) atoms. The van der Waals surface area contributed by atoms with Gasteiger partial charge >= 0.3 is 29.9 Å². The molecule has 0 N–H and O–H groups in total. The highest BCUT2D eigenvalue weighted by molar-refractivity contribution is 6.40. The van der Waals surface area contributed by atoms with Crippen LogP contribution in [0, 0.1) is 0 Å². The summed E-state index contributed by atoms with van der Waals surface area (Å²) in [5, 5.41) is -1.06. The van der Waals surface area contributed by atoms with Crippen molar-refractivity contribution in [3.05, 3.63) is 11.6 Å². The van der Waals surface area contributed by atoms with Gasteiger partial charge in [0.15, 0.2) is 6.61 Å². The Morgan fingerprint density at radius 1 is 0.950 bits per heavy atom. The Balaban J connectivity index is 5.27. The first-order valence-corrected chi connectivity index (χ1v) is 4.67. The molecule has 0 amide bonds. The lowest BCUT2D eigenvalue weighted by atomic mass is 10.0. The number of hydrogen-bond donors (Lipinski definition) is 0. The van der Waals surface area contributed by atoms with E-state index in [2.05, 4.69) is 11.3 Å². The monoisotopic (exact) mass is 338 g/mol. The van der Waals surface area contributed by atoms with Crippen LogP contribution in [-0.2, 0) is 9.53 Å². The van der Waals surface area contributed by atoms with Crippen molar-refractivity contribution in [2.45, 2.75) is 23.9 Å². The van der Waals surface area contributed by atoms with Crippen molar-refractivity contribution < 1.29 is 49.0 Å². The third-order valence-corrected chi connectivity index (χ3v) is 1.97. The van der Waals surface area contributed by atoms with Gasteiger partial charge in [0.25, 0.3) is 0 Å². The van der Waals surface area contributed by atoms with Crippen LogP contribution in [0.5, 0.6) is 0 Å². The molecule has 12 heteroatoms. The first-order chi connectivity index (χ1) is 8.58. The Bertz CT molecular complexity index is 401. The van der Waals surface area contributed by atoms with Crippen LogP contribution in [0.4, 0.5) is 39.5 Å². The first-order valence-electron chi connectivity index (χ1n) is 4.29. The molecule has 0 aliphatic carbocycles. The average Bonchev–Trinajstić information content (AvgIpc) is 2.23. The second-order valence-corrected chi connectivity index (χ2v) is 3.79. The highest BCUT2D eigenvalue weighted by Crippen LogP contribution is 2.53. The average molecular weight is 339 g/mol. The van der Waals surface area contributed by atoms with Gasteiger partial charge < -0.3 is 4.74 Å². The standard InChI is InChI=1S/C8H4ClF9O2/c1-3(9)4(19)20-2-5(10,11)6(12,13)7(14,15)8(16,17)18/h1-2H2. The number of carbonyl (C=O) groups excluding carboxylic acids is 1. The summed E-state index contributed by atoms with van der Waals surface area (Å²) in [6.07, 6.45) is -6.93. The minimum absolute atomic E-state index is 1.06. The van der Waals surface area contributed by atoms with E-state index in [9.17, 15) is 44.3 Å². The SMILES string of the molecule is C=C(Cl)C(=O)OCC(F)(F)C(F)(F)C(F)(F)C(F)(F)F. The van der Waals surface area contributed by atoms with Crippen LogP contribution < -0.4 is 0 Å². The molecule has 0 aliphatic heterocycles. The molecule has 2 nitrogen and oxygen atoms in total. The molecule has 0 aliphatic rings. The highest BCUT2D eigenvalue weighted by atomic mass is 35.5. The normalized spacial score (nSPS) is 14.1. The maximum atomic E-state index is 12.8. The van der Waals surface area contributed by atoms with Crippen LogP contribution >= 0.6 is 11.6 Å². The van der Waals surface area contributed by atoms with E-state index in [-0.39, 0.29) is 0 Å². The zero-order chi connectivity index (χ0) is 16.6. The number of halogens is 10. The minimum atomic E-state index is -7.03. The number of ether oxygens (including phenoxy) is 1. The zero-order valence-electron chi connectivity index (χ0n) is 9.01. The fraction of sp³-hybridized carbons (Fsp3) is 0.625. The van der Waals surface area contributed by atoms with Gasteiger partial charge in [0.2, 0.25) is 0 Å². The molecule has 0 saturated heterocycles. The largest absolute Gasteiger partial charge is 0.460 e. The number of esters is 1. The molecule has 0 rings (SSSR count). The number of carbonyl (C=O) groups is 1. The van der Waals surface area contributed by atoms with Gasteiger partial charge in [-0.25, -0.2) is 4.79 Å². The van der Waals surface area contributed by atoms with E-state index < -0.39 is 41.6 Å². The van der Waals surface area contributed by atoms with Crippen molar-refractivity contribution in [2.24, 2.45) is 0 Å².